The van der Waals surface area contributed by atoms with E-state index in [1.54, 1.807) is 24.6 Å². The molecule has 0 aliphatic carbocycles. The van der Waals surface area contributed by atoms with E-state index >= 15 is 0 Å². The zero-order valence-electron chi connectivity index (χ0n) is 10.2. The third-order valence-corrected chi connectivity index (χ3v) is 3.17. The molecule has 0 aromatic carbocycles. The number of rotatable bonds is 4. The van der Waals surface area contributed by atoms with Gasteiger partial charge in [-0.25, -0.2) is 4.98 Å². The largest absolute Gasteiger partial charge is 0.493 e. The van der Waals surface area contributed by atoms with Gasteiger partial charge in [0.25, 0.3) is 0 Å². The topological polar surface area (TPSA) is 47.0 Å². The Hall–Kier alpha value is -1.62. The molecule has 0 unspecified atom stereocenters. The number of aryl methyl sites for hydroxylation is 2. The van der Waals surface area contributed by atoms with Gasteiger partial charge in [-0.05, 0) is 19.9 Å². The summed E-state index contributed by atoms with van der Waals surface area (Å²) in [6.45, 7) is 4.66. The van der Waals surface area contributed by atoms with E-state index in [4.69, 9.17) is 4.74 Å². The maximum Gasteiger partial charge on any atom is 0.160 e. The van der Waals surface area contributed by atoms with Crippen LogP contribution in [0.15, 0.2) is 17.6 Å². The van der Waals surface area contributed by atoms with Crippen molar-refractivity contribution >= 4 is 17.0 Å². The van der Waals surface area contributed by atoms with Crippen LogP contribution in [0.2, 0.25) is 0 Å². The average Bonchev–Trinajstić information content (AvgIpc) is 2.73. The Labute approximate surface area is 105 Å². The fraction of sp³-hybridized carbons (Fsp3) is 0.333. The minimum absolute atomic E-state index is 0.699. The van der Waals surface area contributed by atoms with Gasteiger partial charge in [0.1, 0.15) is 0 Å². The minimum atomic E-state index is 0.699. The number of thiazole rings is 1. The summed E-state index contributed by atoms with van der Waals surface area (Å²) in [6.07, 6.45) is 1.73. The predicted molar refractivity (Wildman–Crippen MR) is 69.7 cm³/mol. The van der Waals surface area contributed by atoms with E-state index in [9.17, 15) is 0 Å². The number of pyridine rings is 1. The van der Waals surface area contributed by atoms with Crippen LogP contribution in [0, 0.1) is 13.8 Å². The van der Waals surface area contributed by atoms with Crippen molar-refractivity contribution < 1.29 is 4.74 Å². The van der Waals surface area contributed by atoms with Crippen molar-refractivity contribution in [3.63, 3.8) is 0 Å². The van der Waals surface area contributed by atoms with Crippen LogP contribution in [-0.4, -0.2) is 17.1 Å². The SMILES string of the molecule is COc1cnc(C)cc1NCc1csc(C)n1. The Morgan fingerprint density at radius 3 is 2.88 bits per heavy atom. The van der Waals surface area contributed by atoms with Crippen LogP contribution in [0.25, 0.3) is 0 Å². The Balaban J connectivity index is 2.10. The molecule has 0 aliphatic heterocycles. The molecule has 0 amide bonds. The van der Waals surface area contributed by atoms with Gasteiger partial charge < -0.3 is 10.1 Å². The molecule has 2 aromatic rings. The second-order valence-electron chi connectivity index (χ2n) is 3.74. The Kier molecular flexibility index (Phi) is 3.58. The van der Waals surface area contributed by atoms with E-state index < -0.39 is 0 Å². The molecule has 2 rings (SSSR count). The maximum atomic E-state index is 5.25. The van der Waals surface area contributed by atoms with Gasteiger partial charge in [0, 0.05) is 11.1 Å². The highest BCUT2D eigenvalue weighted by atomic mass is 32.1. The number of anilines is 1. The summed E-state index contributed by atoms with van der Waals surface area (Å²) in [7, 11) is 1.64. The molecule has 0 aliphatic rings. The van der Waals surface area contributed by atoms with E-state index in [2.05, 4.69) is 20.7 Å². The fourth-order valence-electron chi connectivity index (χ4n) is 1.52. The molecule has 0 saturated carbocycles. The zero-order valence-corrected chi connectivity index (χ0v) is 11.0. The Morgan fingerprint density at radius 2 is 2.24 bits per heavy atom. The first-order chi connectivity index (χ1) is 8.19. The number of nitrogens with zero attached hydrogens (tertiary/aromatic N) is 2. The molecule has 2 aromatic heterocycles. The van der Waals surface area contributed by atoms with Crippen molar-refractivity contribution in [2.45, 2.75) is 20.4 Å². The molecule has 17 heavy (non-hydrogen) atoms. The lowest BCUT2D eigenvalue weighted by Crippen LogP contribution is -2.02. The van der Waals surface area contributed by atoms with Crippen molar-refractivity contribution in [1.82, 2.24) is 9.97 Å². The average molecular weight is 249 g/mol. The van der Waals surface area contributed by atoms with Crippen LogP contribution < -0.4 is 10.1 Å². The van der Waals surface area contributed by atoms with E-state index in [1.807, 2.05) is 19.9 Å². The van der Waals surface area contributed by atoms with Gasteiger partial charge in [-0.15, -0.1) is 11.3 Å². The number of methoxy groups -OCH3 is 1. The van der Waals surface area contributed by atoms with Crippen LogP contribution in [0.1, 0.15) is 16.4 Å². The molecular formula is C12H15N3OS. The molecule has 5 heteroatoms. The molecule has 0 atom stereocenters. The maximum absolute atomic E-state index is 5.25. The second-order valence-corrected chi connectivity index (χ2v) is 4.80. The van der Waals surface area contributed by atoms with E-state index in [-0.39, 0.29) is 0 Å². The summed E-state index contributed by atoms with van der Waals surface area (Å²) in [5.74, 6) is 0.752. The minimum Gasteiger partial charge on any atom is -0.493 e. The lowest BCUT2D eigenvalue weighted by molar-refractivity contribution is 0.414. The molecule has 90 valence electrons. The highest BCUT2D eigenvalue weighted by molar-refractivity contribution is 7.09. The summed E-state index contributed by atoms with van der Waals surface area (Å²) in [5.41, 5.74) is 2.96. The van der Waals surface area contributed by atoms with E-state index in [0.29, 0.717) is 6.54 Å². The highest BCUT2D eigenvalue weighted by Crippen LogP contribution is 2.24. The monoisotopic (exact) mass is 249 g/mol. The van der Waals surface area contributed by atoms with Crippen LogP contribution >= 0.6 is 11.3 Å². The molecule has 4 nitrogen and oxygen atoms in total. The first-order valence-electron chi connectivity index (χ1n) is 5.34. The summed E-state index contributed by atoms with van der Waals surface area (Å²) >= 11 is 1.66. The van der Waals surface area contributed by atoms with Crippen molar-refractivity contribution in [3.05, 3.63) is 34.0 Å². The van der Waals surface area contributed by atoms with Crippen molar-refractivity contribution in [1.29, 1.82) is 0 Å². The molecule has 1 N–H and O–H groups in total. The van der Waals surface area contributed by atoms with Crippen molar-refractivity contribution in [3.8, 4) is 5.75 Å². The Bertz CT molecular complexity index is 510. The molecular weight excluding hydrogens is 234 g/mol. The lowest BCUT2D eigenvalue weighted by atomic mass is 10.3. The fourth-order valence-corrected chi connectivity index (χ4v) is 2.14. The zero-order chi connectivity index (χ0) is 12.3. The quantitative estimate of drug-likeness (QED) is 0.905. The summed E-state index contributed by atoms with van der Waals surface area (Å²) in [5, 5.41) is 6.46. The van der Waals surface area contributed by atoms with E-state index in [0.717, 1.165) is 27.8 Å². The number of aromatic nitrogens is 2. The van der Waals surface area contributed by atoms with Gasteiger partial charge in [0.2, 0.25) is 0 Å². The normalized spacial score (nSPS) is 10.3. The predicted octanol–water partition coefficient (Wildman–Crippen LogP) is 2.78. The van der Waals surface area contributed by atoms with Gasteiger partial charge in [-0.3, -0.25) is 4.98 Å². The molecule has 0 spiro atoms. The highest BCUT2D eigenvalue weighted by Gasteiger charge is 2.04. The molecule has 2 heterocycles. The molecule has 0 bridgehead atoms. The van der Waals surface area contributed by atoms with Crippen molar-refractivity contribution in [2.24, 2.45) is 0 Å². The van der Waals surface area contributed by atoms with Crippen LogP contribution in [-0.2, 0) is 6.54 Å². The first-order valence-corrected chi connectivity index (χ1v) is 6.22. The summed E-state index contributed by atoms with van der Waals surface area (Å²) in [4.78, 5) is 8.59. The van der Waals surface area contributed by atoms with Gasteiger partial charge in [-0.1, -0.05) is 0 Å². The molecule has 0 fully saturated rings. The number of nitrogens with one attached hydrogen (secondary N) is 1. The van der Waals surface area contributed by atoms with E-state index in [1.165, 1.54) is 0 Å². The van der Waals surface area contributed by atoms with Gasteiger partial charge in [0.15, 0.2) is 5.75 Å². The number of hydrogen-bond donors (Lipinski definition) is 1. The molecule has 0 radical (unpaired) electrons. The third-order valence-electron chi connectivity index (χ3n) is 2.35. The van der Waals surface area contributed by atoms with Gasteiger partial charge in [0.05, 0.1) is 36.2 Å². The van der Waals surface area contributed by atoms with Gasteiger partial charge >= 0.3 is 0 Å². The third kappa shape index (κ3) is 2.94. The first kappa shape index (κ1) is 11.9. The summed E-state index contributed by atoms with van der Waals surface area (Å²) in [6, 6.07) is 1.97. The number of hydrogen-bond acceptors (Lipinski definition) is 5. The number of ether oxygens (including phenoxy) is 1. The van der Waals surface area contributed by atoms with Gasteiger partial charge in [-0.2, -0.15) is 0 Å². The lowest BCUT2D eigenvalue weighted by Gasteiger charge is -2.10. The molecule has 0 saturated heterocycles. The second kappa shape index (κ2) is 5.14. The van der Waals surface area contributed by atoms with Crippen molar-refractivity contribution in [2.75, 3.05) is 12.4 Å². The van der Waals surface area contributed by atoms with Crippen LogP contribution in [0.3, 0.4) is 0 Å². The van der Waals surface area contributed by atoms with Crippen LogP contribution in [0.4, 0.5) is 5.69 Å². The smallest absolute Gasteiger partial charge is 0.160 e. The summed E-state index contributed by atoms with van der Waals surface area (Å²) < 4.78 is 5.25. The standard InChI is InChI=1S/C12H15N3OS/c1-8-4-11(12(16-3)6-13-8)14-5-10-7-17-9(2)15-10/h4,6-7H,5H2,1-3H3,(H,13,14). The van der Waals surface area contributed by atoms with Crippen LogP contribution in [0.5, 0.6) is 5.75 Å². The Morgan fingerprint density at radius 1 is 1.41 bits per heavy atom.